The molecule has 0 aromatic heterocycles. The lowest BCUT2D eigenvalue weighted by Crippen LogP contribution is -2.28. The van der Waals surface area contributed by atoms with Crippen LogP contribution in [0, 0.1) is 0 Å². The fourth-order valence-corrected chi connectivity index (χ4v) is 2.38. The van der Waals surface area contributed by atoms with Gasteiger partial charge in [0, 0.05) is 11.6 Å². The number of fused-ring (bicyclic) bond motifs is 1. The molecule has 2 rings (SSSR count). The number of carbonyl (C=O) groups is 2. The molecule has 0 fully saturated rings. The Bertz CT molecular complexity index is 707. The maximum atomic E-state index is 12.3. The number of aliphatic hydroxyl groups is 1. The molecule has 1 aromatic rings. The fraction of sp³-hybridized carbons (Fsp3) is 0.412. The Balaban J connectivity index is 2.62. The van der Waals surface area contributed by atoms with E-state index in [9.17, 15) is 14.7 Å². The van der Waals surface area contributed by atoms with Crippen LogP contribution < -0.4 is 14.2 Å². The van der Waals surface area contributed by atoms with E-state index in [4.69, 9.17) is 23.7 Å². The number of benzene rings is 1. The standard InChI is InChI=1S/C17H20O8/c1-5-23-16(19)12-13(18)10-7-9(21-3)8-11(22-4)14(10)25-15(12)17(20)24-6-2/h7-8,13,18H,5-6H2,1-4H3. The summed E-state index contributed by atoms with van der Waals surface area (Å²) in [5.74, 6) is -1.45. The van der Waals surface area contributed by atoms with Crippen LogP contribution in [0.2, 0.25) is 0 Å². The van der Waals surface area contributed by atoms with Crippen LogP contribution in [-0.4, -0.2) is 44.5 Å². The zero-order chi connectivity index (χ0) is 18.6. The van der Waals surface area contributed by atoms with Crippen molar-refractivity contribution in [3.8, 4) is 17.2 Å². The molecule has 0 amide bonds. The van der Waals surface area contributed by atoms with Gasteiger partial charge in [0.05, 0.1) is 27.4 Å². The Morgan fingerprint density at radius 3 is 2.28 bits per heavy atom. The predicted octanol–water partition coefficient (Wildman–Crippen LogP) is 1.51. The maximum Gasteiger partial charge on any atom is 0.374 e. The van der Waals surface area contributed by atoms with Crippen molar-refractivity contribution >= 4 is 11.9 Å². The molecule has 1 aliphatic rings. The van der Waals surface area contributed by atoms with Gasteiger partial charge in [-0.05, 0) is 19.9 Å². The van der Waals surface area contributed by atoms with Crippen LogP contribution in [0.4, 0.5) is 0 Å². The molecule has 1 aliphatic heterocycles. The van der Waals surface area contributed by atoms with Crippen molar-refractivity contribution in [2.45, 2.75) is 20.0 Å². The summed E-state index contributed by atoms with van der Waals surface area (Å²) in [5, 5.41) is 10.7. The molecule has 1 N–H and O–H groups in total. The molecule has 1 atom stereocenters. The van der Waals surface area contributed by atoms with Crippen molar-refractivity contribution in [3.05, 3.63) is 29.0 Å². The van der Waals surface area contributed by atoms with Crippen LogP contribution in [0.15, 0.2) is 23.5 Å². The summed E-state index contributed by atoms with van der Waals surface area (Å²) in [4.78, 5) is 24.5. The number of methoxy groups -OCH3 is 2. The highest BCUT2D eigenvalue weighted by molar-refractivity contribution is 6.01. The molecule has 0 saturated heterocycles. The summed E-state index contributed by atoms with van der Waals surface area (Å²) in [6.07, 6.45) is -1.47. The molecule has 1 aromatic carbocycles. The maximum absolute atomic E-state index is 12.3. The molecule has 0 spiro atoms. The van der Waals surface area contributed by atoms with Gasteiger partial charge in [0.1, 0.15) is 17.4 Å². The van der Waals surface area contributed by atoms with E-state index in [2.05, 4.69) is 0 Å². The SMILES string of the molecule is CCOC(=O)C1=C(C(=O)OCC)C(O)c2cc(OC)cc(OC)c2O1. The third kappa shape index (κ3) is 3.53. The van der Waals surface area contributed by atoms with Crippen molar-refractivity contribution in [2.24, 2.45) is 0 Å². The zero-order valence-electron chi connectivity index (χ0n) is 14.5. The summed E-state index contributed by atoms with van der Waals surface area (Å²) in [6, 6.07) is 3.02. The average Bonchev–Trinajstić information content (AvgIpc) is 2.61. The third-order valence-electron chi connectivity index (χ3n) is 3.49. The number of hydrogen-bond acceptors (Lipinski definition) is 8. The summed E-state index contributed by atoms with van der Waals surface area (Å²) >= 11 is 0. The predicted molar refractivity (Wildman–Crippen MR) is 85.4 cm³/mol. The molecule has 0 saturated carbocycles. The molecule has 0 aliphatic carbocycles. The van der Waals surface area contributed by atoms with E-state index in [1.807, 2.05) is 0 Å². The van der Waals surface area contributed by atoms with Gasteiger partial charge < -0.3 is 28.8 Å². The number of rotatable bonds is 6. The molecule has 8 heteroatoms. The Kier molecular flexibility index (Phi) is 5.87. The number of hydrogen-bond donors (Lipinski definition) is 1. The largest absolute Gasteiger partial charge is 0.497 e. The van der Waals surface area contributed by atoms with Gasteiger partial charge in [-0.3, -0.25) is 0 Å². The minimum atomic E-state index is -1.47. The van der Waals surface area contributed by atoms with Gasteiger partial charge in [0.15, 0.2) is 11.5 Å². The van der Waals surface area contributed by atoms with Gasteiger partial charge >= 0.3 is 11.9 Å². The third-order valence-corrected chi connectivity index (χ3v) is 3.49. The van der Waals surface area contributed by atoms with E-state index < -0.39 is 23.8 Å². The van der Waals surface area contributed by atoms with Gasteiger partial charge in [-0.2, -0.15) is 0 Å². The second-order valence-electron chi connectivity index (χ2n) is 4.94. The van der Waals surface area contributed by atoms with E-state index in [0.717, 1.165) is 0 Å². The van der Waals surface area contributed by atoms with Gasteiger partial charge in [0.25, 0.3) is 0 Å². The quantitative estimate of drug-likeness (QED) is 0.769. The van der Waals surface area contributed by atoms with Crippen LogP contribution in [0.5, 0.6) is 17.2 Å². The highest BCUT2D eigenvalue weighted by atomic mass is 16.6. The second-order valence-corrected chi connectivity index (χ2v) is 4.94. The molecule has 8 nitrogen and oxygen atoms in total. The van der Waals surface area contributed by atoms with E-state index in [1.54, 1.807) is 13.8 Å². The fourth-order valence-electron chi connectivity index (χ4n) is 2.38. The summed E-state index contributed by atoms with van der Waals surface area (Å²) in [7, 11) is 2.85. The Morgan fingerprint density at radius 2 is 1.72 bits per heavy atom. The molecule has 0 radical (unpaired) electrons. The minimum absolute atomic E-state index is 0.0689. The highest BCUT2D eigenvalue weighted by Gasteiger charge is 2.39. The highest BCUT2D eigenvalue weighted by Crippen LogP contribution is 2.46. The van der Waals surface area contributed by atoms with Crippen molar-refractivity contribution in [1.82, 2.24) is 0 Å². The number of aliphatic hydroxyl groups excluding tert-OH is 1. The Labute approximate surface area is 144 Å². The summed E-state index contributed by atoms with van der Waals surface area (Å²) in [6.45, 7) is 3.36. The topological polar surface area (TPSA) is 101 Å². The first-order valence-electron chi connectivity index (χ1n) is 7.68. The first-order valence-corrected chi connectivity index (χ1v) is 7.68. The van der Waals surface area contributed by atoms with Crippen molar-refractivity contribution in [1.29, 1.82) is 0 Å². The summed E-state index contributed by atoms with van der Waals surface area (Å²) < 4.78 is 25.8. The van der Waals surface area contributed by atoms with E-state index in [-0.39, 0.29) is 35.8 Å². The lowest BCUT2D eigenvalue weighted by Gasteiger charge is -2.27. The Hall–Kier alpha value is -2.74. The lowest BCUT2D eigenvalue weighted by molar-refractivity contribution is -0.145. The van der Waals surface area contributed by atoms with E-state index in [0.29, 0.717) is 5.75 Å². The monoisotopic (exact) mass is 352 g/mol. The number of ether oxygens (including phenoxy) is 5. The molecular weight excluding hydrogens is 332 g/mol. The molecule has 136 valence electrons. The van der Waals surface area contributed by atoms with Crippen LogP contribution in [0.25, 0.3) is 0 Å². The molecule has 0 bridgehead atoms. The Morgan fingerprint density at radius 1 is 1.08 bits per heavy atom. The zero-order valence-corrected chi connectivity index (χ0v) is 14.5. The number of carbonyl (C=O) groups excluding carboxylic acids is 2. The van der Waals surface area contributed by atoms with Gasteiger partial charge in [-0.15, -0.1) is 0 Å². The number of esters is 2. The van der Waals surface area contributed by atoms with Gasteiger partial charge in [-0.1, -0.05) is 0 Å². The van der Waals surface area contributed by atoms with Crippen LogP contribution in [-0.2, 0) is 19.1 Å². The molecule has 1 heterocycles. The van der Waals surface area contributed by atoms with Crippen molar-refractivity contribution in [3.63, 3.8) is 0 Å². The summed E-state index contributed by atoms with van der Waals surface area (Å²) in [5.41, 5.74) is -0.115. The van der Waals surface area contributed by atoms with Crippen molar-refractivity contribution in [2.75, 3.05) is 27.4 Å². The molecule has 1 unspecified atom stereocenters. The normalized spacial score (nSPS) is 15.8. The smallest absolute Gasteiger partial charge is 0.374 e. The first kappa shape index (κ1) is 18.6. The van der Waals surface area contributed by atoms with E-state index in [1.165, 1.54) is 26.4 Å². The van der Waals surface area contributed by atoms with Gasteiger partial charge in [-0.25, -0.2) is 9.59 Å². The van der Waals surface area contributed by atoms with Gasteiger partial charge in [0.2, 0.25) is 5.76 Å². The molecular formula is C17H20O8. The minimum Gasteiger partial charge on any atom is -0.497 e. The van der Waals surface area contributed by atoms with E-state index >= 15 is 0 Å². The molecule has 25 heavy (non-hydrogen) atoms. The lowest BCUT2D eigenvalue weighted by atomic mass is 9.96. The van der Waals surface area contributed by atoms with Crippen LogP contribution >= 0.6 is 0 Å². The second kappa shape index (κ2) is 7.89. The average molecular weight is 352 g/mol. The van der Waals surface area contributed by atoms with Crippen LogP contribution in [0.1, 0.15) is 25.5 Å². The van der Waals surface area contributed by atoms with Crippen LogP contribution in [0.3, 0.4) is 0 Å². The first-order chi connectivity index (χ1) is 12.0. The van der Waals surface area contributed by atoms with Crippen molar-refractivity contribution < 1.29 is 38.4 Å².